The molecule has 31 heavy (non-hydrogen) atoms. The van der Waals surface area contributed by atoms with Crippen molar-refractivity contribution in [1.82, 2.24) is 0 Å². The number of benzene rings is 3. The van der Waals surface area contributed by atoms with Crippen molar-refractivity contribution in [2.75, 3.05) is 16.4 Å². The van der Waals surface area contributed by atoms with Gasteiger partial charge in [-0.15, -0.1) is 11.8 Å². The van der Waals surface area contributed by atoms with Gasteiger partial charge >= 0.3 is 6.18 Å². The lowest BCUT2D eigenvalue weighted by Gasteiger charge is -2.10. The Bertz CT molecular complexity index is 1090. The summed E-state index contributed by atoms with van der Waals surface area (Å²) in [5.41, 5.74) is -0.407. The van der Waals surface area contributed by atoms with Crippen LogP contribution in [0.5, 0.6) is 0 Å². The fourth-order valence-corrected chi connectivity index (χ4v) is 3.30. The van der Waals surface area contributed by atoms with E-state index in [1.165, 1.54) is 42.1 Å². The predicted molar refractivity (Wildman–Crippen MR) is 112 cm³/mol. The Morgan fingerprint density at radius 3 is 2.23 bits per heavy atom. The molecule has 0 fully saturated rings. The highest BCUT2D eigenvalue weighted by atomic mass is 32.2. The molecule has 2 amide bonds. The summed E-state index contributed by atoms with van der Waals surface area (Å²) in [5.74, 6) is -1.68. The summed E-state index contributed by atoms with van der Waals surface area (Å²) in [4.78, 5) is 24.9. The molecule has 0 heterocycles. The number of alkyl halides is 3. The molecular weight excluding hydrogens is 432 g/mol. The van der Waals surface area contributed by atoms with Crippen LogP contribution in [-0.2, 0) is 11.0 Å². The van der Waals surface area contributed by atoms with E-state index in [0.29, 0.717) is 10.6 Å². The van der Waals surface area contributed by atoms with Crippen LogP contribution < -0.4 is 10.6 Å². The molecule has 0 aliphatic heterocycles. The largest absolute Gasteiger partial charge is 0.416 e. The van der Waals surface area contributed by atoms with Crippen molar-refractivity contribution in [2.45, 2.75) is 11.1 Å². The molecule has 0 aliphatic rings. The molecule has 0 spiro atoms. The first kappa shape index (κ1) is 22.4. The van der Waals surface area contributed by atoms with E-state index in [-0.39, 0.29) is 17.0 Å². The topological polar surface area (TPSA) is 58.2 Å². The molecule has 2 N–H and O–H groups in total. The van der Waals surface area contributed by atoms with Crippen LogP contribution >= 0.6 is 11.8 Å². The minimum atomic E-state index is -4.49. The number of hydrogen-bond acceptors (Lipinski definition) is 3. The van der Waals surface area contributed by atoms with Gasteiger partial charge in [0, 0.05) is 16.3 Å². The number of anilines is 2. The summed E-state index contributed by atoms with van der Waals surface area (Å²) in [6.45, 7) is 0. The monoisotopic (exact) mass is 448 g/mol. The lowest BCUT2D eigenvalue weighted by Crippen LogP contribution is -2.15. The maximum absolute atomic E-state index is 13.7. The molecule has 0 saturated carbocycles. The lowest BCUT2D eigenvalue weighted by molar-refractivity contribution is -0.137. The second kappa shape index (κ2) is 9.65. The third kappa shape index (κ3) is 6.32. The van der Waals surface area contributed by atoms with Crippen LogP contribution in [0.25, 0.3) is 0 Å². The van der Waals surface area contributed by atoms with E-state index in [1.54, 1.807) is 30.3 Å². The van der Waals surface area contributed by atoms with E-state index >= 15 is 0 Å². The van der Waals surface area contributed by atoms with Gasteiger partial charge in [-0.25, -0.2) is 4.39 Å². The zero-order valence-corrected chi connectivity index (χ0v) is 16.7. The number of amides is 2. The van der Waals surface area contributed by atoms with Gasteiger partial charge in [-0.2, -0.15) is 13.2 Å². The van der Waals surface area contributed by atoms with Gasteiger partial charge in [-0.3, -0.25) is 9.59 Å². The highest BCUT2D eigenvalue weighted by molar-refractivity contribution is 8.00. The normalized spacial score (nSPS) is 11.1. The van der Waals surface area contributed by atoms with Crippen molar-refractivity contribution in [3.63, 3.8) is 0 Å². The molecule has 0 radical (unpaired) electrons. The third-order valence-electron chi connectivity index (χ3n) is 4.07. The van der Waals surface area contributed by atoms with E-state index in [0.717, 1.165) is 12.1 Å². The SMILES string of the molecule is O=C(CSc1ccc(NC(=O)c2ccccc2F)cc1)Nc1cccc(C(F)(F)F)c1. The summed E-state index contributed by atoms with van der Waals surface area (Å²) in [6.07, 6.45) is -4.49. The van der Waals surface area contributed by atoms with E-state index in [2.05, 4.69) is 10.6 Å². The fourth-order valence-electron chi connectivity index (χ4n) is 2.60. The summed E-state index contributed by atoms with van der Waals surface area (Å²) < 4.78 is 51.9. The molecule has 4 nitrogen and oxygen atoms in total. The summed E-state index contributed by atoms with van der Waals surface area (Å²) in [7, 11) is 0. The Labute approximate surface area is 179 Å². The summed E-state index contributed by atoms with van der Waals surface area (Å²) >= 11 is 1.18. The van der Waals surface area contributed by atoms with Gasteiger partial charge in [-0.1, -0.05) is 18.2 Å². The van der Waals surface area contributed by atoms with Crippen molar-refractivity contribution < 1.29 is 27.2 Å². The number of carbonyl (C=O) groups excluding carboxylic acids is 2. The van der Waals surface area contributed by atoms with Gasteiger partial charge in [0.1, 0.15) is 5.82 Å². The van der Waals surface area contributed by atoms with E-state index < -0.39 is 29.4 Å². The number of nitrogens with one attached hydrogen (secondary N) is 2. The molecule has 0 unspecified atom stereocenters. The zero-order chi connectivity index (χ0) is 22.4. The van der Waals surface area contributed by atoms with Crippen LogP contribution in [-0.4, -0.2) is 17.6 Å². The standard InChI is InChI=1S/C22H16F4N2O2S/c23-19-7-2-1-6-18(19)21(30)28-15-8-10-17(11-9-15)31-13-20(29)27-16-5-3-4-14(12-16)22(24,25)26/h1-12H,13H2,(H,27,29)(H,28,30). The van der Waals surface area contributed by atoms with Crippen molar-refractivity contribution in [2.24, 2.45) is 0 Å². The quantitative estimate of drug-likeness (QED) is 0.369. The fraction of sp³-hybridized carbons (Fsp3) is 0.0909. The lowest BCUT2D eigenvalue weighted by atomic mass is 10.2. The first-order chi connectivity index (χ1) is 14.7. The molecule has 9 heteroatoms. The van der Waals surface area contributed by atoms with Gasteiger partial charge in [0.15, 0.2) is 0 Å². The minimum Gasteiger partial charge on any atom is -0.325 e. The number of carbonyl (C=O) groups is 2. The number of hydrogen-bond donors (Lipinski definition) is 2. The van der Waals surface area contributed by atoms with Crippen LogP contribution in [0.2, 0.25) is 0 Å². The Balaban J connectivity index is 1.53. The maximum Gasteiger partial charge on any atom is 0.416 e. The van der Waals surface area contributed by atoms with Gasteiger partial charge in [0.2, 0.25) is 5.91 Å². The van der Waals surface area contributed by atoms with Crippen LogP contribution in [0.4, 0.5) is 28.9 Å². The van der Waals surface area contributed by atoms with Crippen molar-refractivity contribution >= 4 is 35.0 Å². The highest BCUT2D eigenvalue weighted by Gasteiger charge is 2.30. The van der Waals surface area contributed by atoms with E-state index in [4.69, 9.17) is 0 Å². The minimum absolute atomic E-state index is 0.0167. The van der Waals surface area contributed by atoms with Gasteiger partial charge in [0.05, 0.1) is 16.9 Å². The highest BCUT2D eigenvalue weighted by Crippen LogP contribution is 2.30. The van der Waals surface area contributed by atoms with Crippen LogP contribution in [0.15, 0.2) is 77.7 Å². The second-order valence-corrected chi connectivity index (χ2v) is 7.42. The zero-order valence-electron chi connectivity index (χ0n) is 15.9. The Morgan fingerprint density at radius 2 is 1.55 bits per heavy atom. The van der Waals surface area contributed by atoms with Gasteiger partial charge < -0.3 is 10.6 Å². The first-order valence-electron chi connectivity index (χ1n) is 8.98. The number of halogens is 4. The third-order valence-corrected chi connectivity index (χ3v) is 5.09. The average molecular weight is 448 g/mol. The molecular formula is C22H16F4N2O2S. The molecule has 3 rings (SSSR count). The van der Waals surface area contributed by atoms with E-state index in [9.17, 15) is 27.2 Å². The molecule has 3 aromatic carbocycles. The van der Waals surface area contributed by atoms with Crippen LogP contribution in [0.3, 0.4) is 0 Å². The van der Waals surface area contributed by atoms with Crippen molar-refractivity contribution in [1.29, 1.82) is 0 Å². The summed E-state index contributed by atoms with van der Waals surface area (Å²) in [5, 5.41) is 5.02. The molecule has 160 valence electrons. The van der Waals surface area contributed by atoms with Crippen LogP contribution in [0.1, 0.15) is 15.9 Å². The van der Waals surface area contributed by atoms with Crippen molar-refractivity contribution in [3.05, 3.63) is 89.7 Å². The average Bonchev–Trinajstić information content (AvgIpc) is 2.73. The molecule has 3 aromatic rings. The Hall–Kier alpha value is -3.33. The van der Waals surface area contributed by atoms with Gasteiger partial charge in [0.25, 0.3) is 5.91 Å². The second-order valence-electron chi connectivity index (χ2n) is 6.37. The summed E-state index contributed by atoms with van der Waals surface area (Å²) in [6, 6.07) is 16.5. The molecule has 0 bridgehead atoms. The smallest absolute Gasteiger partial charge is 0.325 e. The predicted octanol–water partition coefficient (Wildman–Crippen LogP) is 5.83. The maximum atomic E-state index is 13.7. The Kier molecular flexibility index (Phi) is 6.96. The molecule has 0 atom stereocenters. The molecule has 0 aromatic heterocycles. The Morgan fingerprint density at radius 1 is 0.839 bits per heavy atom. The number of thioether (sulfide) groups is 1. The first-order valence-corrected chi connectivity index (χ1v) is 9.97. The molecule has 0 saturated heterocycles. The number of rotatable bonds is 6. The van der Waals surface area contributed by atoms with E-state index in [1.807, 2.05) is 0 Å². The van der Waals surface area contributed by atoms with Crippen molar-refractivity contribution in [3.8, 4) is 0 Å². The van der Waals surface area contributed by atoms with Crippen LogP contribution in [0, 0.1) is 5.82 Å². The van der Waals surface area contributed by atoms with Gasteiger partial charge in [-0.05, 0) is 54.6 Å². The molecule has 0 aliphatic carbocycles.